The van der Waals surface area contributed by atoms with Gasteiger partial charge in [0, 0.05) is 6.54 Å². The van der Waals surface area contributed by atoms with Crippen molar-refractivity contribution >= 4 is 5.97 Å². The van der Waals surface area contributed by atoms with Gasteiger partial charge in [-0.3, -0.25) is 4.90 Å². The Hall–Kier alpha value is -1.35. The van der Waals surface area contributed by atoms with Crippen LogP contribution >= 0.6 is 0 Å². The number of nitrogens with zero attached hydrogens (tertiary/aromatic N) is 1. The number of likely N-dealkylation sites (tertiary alicyclic amines) is 1. The normalized spacial score (nSPS) is 16.4. The Bertz CT molecular complexity index is 439. The van der Waals surface area contributed by atoms with Crippen molar-refractivity contribution in [3.8, 4) is 0 Å². The minimum absolute atomic E-state index is 0.109. The van der Waals surface area contributed by atoms with Crippen LogP contribution in [0.5, 0.6) is 0 Å². The smallest absolute Gasteiger partial charge is 0.338 e. The summed E-state index contributed by atoms with van der Waals surface area (Å²) >= 11 is 0. The lowest BCUT2D eigenvalue weighted by molar-refractivity contribution is 0.0472. The highest BCUT2D eigenvalue weighted by Gasteiger charge is 2.15. The lowest BCUT2D eigenvalue weighted by atomic mass is 9.87. The molecule has 1 aliphatic heterocycles. The molecule has 2 rings (SSSR count). The molecule has 0 amide bonds. The van der Waals surface area contributed by atoms with E-state index in [-0.39, 0.29) is 11.4 Å². The molecule has 3 nitrogen and oxygen atoms in total. The zero-order valence-electron chi connectivity index (χ0n) is 12.8. The molecular weight excluding hydrogens is 250 g/mol. The predicted octanol–water partition coefficient (Wildman–Crippen LogP) is 3.24. The van der Waals surface area contributed by atoms with Gasteiger partial charge in [-0.25, -0.2) is 4.79 Å². The van der Waals surface area contributed by atoms with Gasteiger partial charge >= 0.3 is 5.97 Å². The Labute approximate surface area is 121 Å². The molecule has 1 aliphatic rings. The third-order valence-electron chi connectivity index (χ3n) is 3.83. The van der Waals surface area contributed by atoms with Gasteiger partial charge in [-0.05, 0) is 49.0 Å². The first-order chi connectivity index (χ1) is 9.47. The average molecular weight is 275 g/mol. The largest absolute Gasteiger partial charge is 0.461 e. The van der Waals surface area contributed by atoms with E-state index in [4.69, 9.17) is 4.74 Å². The van der Waals surface area contributed by atoms with Gasteiger partial charge < -0.3 is 4.74 Å². The Morgan fingerprint density at radius 3 is 2.30 bits per heavy atom. The molecule has 0 spiro atoms. The zero-order valence-corrected chi connectivity index (χ0v) is 12.8. The first kappa shape index (κ1) is 15.0. The van der Waals surface area contributed by atoms with Crippen molar-refractivity contribution < 1.29 is 9.53 Å². The predicted molar refractivity (Wildman–Crippen MR) is 81.1 cm³/mol. The summed E-state index contributed by atoms with van der Waals surface area (Å²) in [5.74, 6) is -0.218. The number of carbonyl (C=O) groups excluding carboxylic acids is 1. The Morgan fingerprint density at radius 1 is 1.15 bits per heavy atom. The van der Waals surface area contributed by atoms with Crippen molar-refractivity contribution in [2.75, 3.05) is 26.2 Å². The van der Waals surface area contributed by atoms with E-state index >= 15 is 0 Å². The van der Waals surface area contributed by atoms with Crippen LogP contribution in [0, 0.1) is 0 Å². The molecule has 0 N–H and O–H groups in total. The molecule has 0 aliphatic carbocycles. The number of rotatable bonds is 4. The van der Waals surface area contributed by atoms with Crippen LogP contribution in [0.1, 0.15) is 49.5 Å². The number of benzene rings is 1. The van der Waals surface area contributed by atoms with Crippen LogP contribution in [-0.4, -0.2) is 37.1 Å². The lowest BCUT2D eigenvalue weighted by Gasteiger charge is -2.19. The second-order valence-corrected chi connectivity index (χ2v) is 6.51. The van der Waals surface area contributed by atoms with E-state index in [1.54, 1.807) is 0 Å². The quantitative estimate of drug-likeness (QED) is 0.790. The standard InChI is InChI=1S/C17H25NO2/c1-17(2,3)15-8-6-14(7-9-15)16(19)20-13-12-18-10-4-5-11-18/h6-9H,4-5,10-13H2,1-3H3. The third kappa shape index (κ3) is 4.07. The summed E-state index contributed by atoms with van der Waals surface area (Å²) in [5, 5.41) is 0. The SMILES string of the molecule is CC(C)(C)c1ccc(C(=O)OCCN2CCCC2)cc1. The van der Waals surface area contributed by atoms with Crippen LogP contribution in [0.4, 0.5) is 0 Å². The van der Waals surface area contributed by atoms with Crippen molar-refractivity contribution in [2.45, 2.75) is 39.0 Å². The van der Waals surface area contributed by atoms with Gasteiger partial charge in [-0.1, -0.05) is 32.9 Å². The second-order valence-electron chi connectivity index (χ2n) is 6.51. The average Bonchev–Trinajstić information content (AvgIpc) is 2.91. The number of carbonyl (C=O) groups is 1. The first-order valence-electron chi connectivity index (χ1n) is 7.47. The highest BCUT2D eigenvalue weighted by atomic mass is 16.5. The minimum atomic E-state index is -0.218. The molecule has 110 valence electrons. The molecule has 0 unspecified atom stereocenters. The molecule has 0 saturated carbocycles. The van der Waals surface area contributed by atoms with E-state index in [1.807, 2.05) is 24.3 Å². The fourth-order valence-corrected chi connectivity index (χ4v) is 2.46. The summed E-state index contributed by atoms with van der Waals surface area (Å²) < 4.78 is 5.33. The number of hydrogen-bond acceptors (Lipinski definition) is 3. The minimum Gasteiger partial charge on any atom is -0.461 e. The topological polar surface area (TPSA) is 29.5 Å². The maximum Gasteiger partial charge on any atom is 0.338 e. The molecule has 1 aromatic carbocycles. The van der Waals surface area contributed by atoms with E-state index in [0.29, 0.717) is 12.2 Å². The van der Waals surface area contributed by atoms with Gasteiger partial charge in [0.05, 0.1) is 5.56 Å². The molecule has 3 heteroatoms. The van der Waals surface area contributed by atoms with Gasteiger partial charge in [0.2, 0.25) is 0 Å². The molecule has 0 bridgehead atoms. The summed E-state index contributed by atoms with van der Waals surface area (Å²) in [7, 11) is 0. The Balaban J connectivity index is 1.82. The molecule has 0 radical (unpaired) electrons. The highest BCUT2D eigenvalue weighted by molar-refractivity contribution is 5.89. The number of ether oxygens (including phenoxy) is 1. The van der Waals surface area contributed by atoms with Gasteiger partial charge in [0.15, 0.2) is 0 Å². The number of hydrogen-bond donors (Lipinski definition) is 0. The van der Waals surface area contributed by atoms with Crippen LogP contribution in [0.3, 0.4) is 0 Å². The maximum absolute atomic E-state index is 11.9. The number of esters is 1. The molecule has 1 heterocycles. The van der Waals surface area contributed by atoms with Gasteiger partial charge in [0.1, 0.15) is 6.61 Å². The van der Waals surface area contributed by atoms with E-state index in [2.05, 4.69) is 25.7 Å². The Kier molecular flexibility index (Phi) is 4.81. The molecule has 20 heavy (non-hydrogen) atoms. The summed E-state index contributed by atoms with van der Waals surface area (Å²) in [6.07, 6.45) is 2.53. The molecule has 0 aromatic heterocycles. The molecular formula is C17H25NO2. The summed E-state index contributed by atoms with van der Waals surface area (Å²) in [6.45, 7) is 10.1. The first-order valence-corrected chi connectivity index (χ1v) is 7.47. The monoisotopic (exact) mass is 275 g/mol. The molecule has 0 atom stereocenters. The van der Waals surface area contributed by atoms with Crippen LogP contribution in [0.2, 0.25) is 0 Å². The Morgan fingerprint density at radius 2 is 1.75 bits per heavy atom. The van der Waals surface area contributed by atoms with Crippen molar-refractivity contribution in [1.82, 2.24) is 4.90 Å². The van der Waals surface area contributed by atoms with E-state index in [1.165, 1.54) is 18.4 Å². The van der Waals surface area contributed by atoms with Crippen LogP contribution in [-0.2, 0) is 10.2 Å². The van der Waals surface area contributed by atoms with E-state index in [0.717, 1.165) is 19.6 Å². The fourth-order valence-electron chi connectivity index (χ4n) is 2.46. The second kappa shape index (κ2) is 6.40. The van der Waals surface area contributed by atoms with Crippen molar-refractivity contribution in [2.24, 2.45) is 0 Å². The summed E-state index contributed by atoms with van der Waals surface area (Å²) in [5.41, 5.74) is 1.98. The van der Waals surface area contributed by atoms with Gasteiger partial charge in [-0.15, -0.1) is 0 Å². The maximum atomic E-state index is 11.9. The van der Waals surface area contributed by atoms with Gasteiger partial charge in [-0.2, -0.15) is 0 Å². The molecule has 1 saturated heterocycles. The van der Waals surface area contributed by atoms with Crippen molar-refractivity contribution in [3.63, 3.8) is 0 Å². The van der Waals surface area contributed by atoms with Crippen molar-refractivity contribution in [3.05, 3.63) is 35.4 Å². The van der Waals surface area contributed by atoms with Crippen LogP contribution in [0.15, 0.2) is 24.3 Å². The van der Waals surface area contributed by atoms with Crippen LogP contribution in [0.25, 0.3) is 0 Å². The molecule has 1 aromatic rings. The zero-order chi connectivity index (χ0) is 14.6. The third-order valence-corrected chi connectivity index (χ3v) is 3.83. The molecule has 1 fully saturated rings. The van der Waals surface area contributed by atoms with E-state index in [9.17, 15) is 4.79 Å². The fraction of sp³-hybridized carbons (Fsp3) is 0.588. The lowest BCUT2D eigenvalue weighted by Crippen LogP contribution is -2.25. The summed E-state index contributed by atoms with van der Waals surface area (Å²) in [6, 6.07) is 7.74. The van der Waals surface area contributed by atoms with Crippen molar-refractivity contribution in [1.29, 1.82) is 0 Å². The van der Waals surface area contributed by atoms with E-state index < -0.39 is 0 Å². The van der Waals surface area contributed by atoms with Crippen LogP contribution < -0.4 is 0 Å². The van der Waals surface area contributed by atoms with Gasteiger partial charge in [0.25, 0.3) is 0 Å². The highest BCUT2D eigenvalue weighted by Crippen LogP contribution is 2.22. The summed E-state index contributed by atoms with van der Waals surface area (Å²) in [4.78, 5) is 14.3.